The summed E-state index contributed by atoms with van der Waals surface area (Å²) in [6.45, 7) is 2.87. The largest absolute Gasteiger partial charge is 0.497 e. The fraction of sp³-hybridized carbons (Fsp3) is 0.200. The molecule has 6 heteroatoms. The molecule has 0 fully saturated rings. The molecule has 0 aliphatic carbocycles. The van der Waals surface area contributed by atoms with Crippen LogP contribution in [0.2, 0.25) is 0 Å². The van der Waals surface area contributed by atoms with Gasteiger partial charge in [0.2, 0.25) is 12.7 Å². The molecule has 0 atom stereocenters. The zero-order valence-corrected chi connectivity index (χ0v) is 14.7. The van der Waals surface area contributed by atoms with E-state index in [4.69, 9.17) is 14.2 Å². The number of methoxy groups -OCH3 is 1. The molecule has 4 rings (SSSR count). The minimum absolute atomic E-state index is 0.279. The third-order valence-electron chi connectivity index (χ3n) is 4.27. The minimum Gasteiger partial charge on any atom is -0.497 e. The highest BCUT2D eigenvalue weighted by Gasteiger charge is 2.13. The van der Waals surface area contributed by atoms with Gasteiger partial charge in [-0.15, -0.1) is 0 Å². The fourth-order valence-corrected chi connectivity index (χ4v) is 2.84. The molecule has 6 nitrogen and oxygen atoms in total. The minimum atomic E-state index is 0.279. The second-order valence-electron chi connectivity index (χ2n) is 5.96. The topological polar surface area (TPSA) is 65.5 Å². The Balaban J connectivity index is 1.47. The average Bonchev–Trinajstić information content (AvgIpc) is 3.14. The quantitative estimate of drug-likeness (QED) is 0.756. The maximum absolute atomic E-state index is 5.40. The molecule has 0 saturated heterocycles. The van der Waals surface area contributed by atoms with Gasteiger partial charge in [0.15, 0.2) is 11.5 Å². The molecule has 0 unspecified atom stereocenters. The molecule has 0 spiro atoms. The van der Waals surface area contributed by atoms with Gasteiger partial charge in [0, 0.05) is 18.3 Å². The van der Waals surface area contributed by atoms with Crippen LogP contribution in [0.15, 0.2) is 48.7 Å². The van der Waals surface area contributed by atoms with Crippen molar-refractivity contribution in [2.75, 3.05) is 19.2 Å². The molecule has 1 aromatic heterocycles. The standard InChI is InChI=1S/C20H19N3O3/c1-13-17(15-4-6-16(24-2)7-5-15)11-22-20(23-13)21-10-14-3-8-18-19(9-14)26-12-25-18/h3-9,11H,10,12H2,1-2H3,(H,21,22,23). The zero-order valence-electron chi connectivity index (χ0n) is 14.7. The van der Waals surface area contributed by atoms with Gasteiger partial charge in [-0.05, 0) is 42.3 Å². The molecule has 3 aromatic rings. The van der Waals surface area contributed by atoms with Crippen LogP contribution in [0.25, 0.3) is 11.1 Å². The number of anilines is 1. The Morgan fingerprint density at radius 2 is 1.88 bits per heavy atom. The van der Waals surface area contributed by atoms with E-state index in [0.717, 1.165) is 39.6 Å². The Bertz CT molecular complexity index is 926. The lowest BCUT2D eigenvalue weighted by atomic mass is 10.1. The Hall–Kier alpha value is -3.28. The van der Waals surface area contributed by atoms with Crippen LogP contribution >= 0.6 is 0 Å². The molecule has 0 amide bonds. The summed E-state index contributed by atoms with van der Waals surface area (Å²) in [6, 6.07) is 13.8. The SMILES string of the molecule is COc1ccc(-c2cnc(NCc3ccc4c(c3)OCO4)nc2C)cc1. The lowest BCUT2D eigenvalue weighted by molar-refractivity contribution is 0.174. The molecule has 0 saturated carbocycles. The molecule has 2 aromatic carbocycles. The van der Waals surface area contributed by atoms with Gasteiger partial charge < -0.3 is 19.5 Å². The number of ether oxygens (including phenoxy) is 3. The number of hydrogen-bond acceptors (Lipinski definition) is 6. The summed E-state index contributed by atoms with van der Waals surface area (Å²) >= 11 is 0. The van der Waals surface area contributed by atoms with E-state index in [0.29, 0.717) is 12.5 Å². The predicted octanol–water partition coefficient (Wildman–Crippen LogP) is 3.80. The van der Waals surface area contributed by atoms with Crippen molar-refractivity contribution in [2.45, 2.75) is 13.5 Å². The number of hydrogen-bond donors (Lipinski definition) is 1. The molecule has 1 N–H and O–H groups in total. The number of aryl methyl sites for hydroxylation is 1. The molecule has 132 valence electrons. The van der Waals surface area contributed by atoms with Gasteiger partial charge >= 0.3 is 0 Å². The number of nitrogens with one attached hydrogen (secondary N) is 1. The van der Waals surface area contributed by atoms with Gasteiger partial charge in [-0.3, -0.25) is 0 Å². The van der Waals surface area contributed by atoms with E-state index >= 15 is 0 Å². The normalized spacial score (nSPS) is 12.1. The predicted molar refractivity (Wildman–Crippen MR) is 98.6 cm³/mol. The highest BCUT2D eigenvalue weighted by atomic mass is 16.7. The van der Waals surface area contributed by atoms with Crippen LogP contribution in [-0.2, 0) is 6.54 Å². The number of rotatable bonds is 5. The van der Waals surface area contributed by atoms with Crippen LogP contribution in [0.4, 0.5) is 5.95 Å². The molecular formula is C20H19N3O3. The Morgan fingerprint density at radius 3 is 2.65 bits per heavy atom. The van der Waals surface area contributed by atoms with Crippen LogP contribution < -0.4 is 19.5 Å². The van der Waals surface area contributed by atoms with Crippen molar-refractivity contribution in [3.8, 4) is 28.4 Å². The summed E-state index contributed by atoms with van der Waals surface area (Å²) in [5, 5.41) is 3.25. The summed E-state index contributed by atoms with van der Waals surface area (Å²) < 4.78 is 15.9. The lowest BCUT2D eigenvalue weighted by Gasteiger charge is -2.10. The maximum atomic E-state index is 5.40. The number of nitrogens with zero attached hydrogens (tertiary/aromatic N) is 2. The van der Waals surface area contributed by atoms with Crippen LogP contribution in [0.3, 0.4) is 0 Å². The fourth-order valence-electron chi connectivity index (χ4n) is 2.84. The van der Waals surface area contributed by atoms with Crippen LogP contribution in [0, 0.1) is 6.92 Å². The zero-order chi connectivity index (χ0) is 17.9. The van der Waals surface area contributed by atoms with Crippen molar-refractivity contribution < 1.29 is 14.2 Å². The molecular weight excluding hydrogens is 330 g/mol. The molecule has 2 heterocycles. The Labute approximate surface area is 151 Å². The molecule has 1 aliphatic heterocycles. The van der Waals surface area contributed by atoms with Gasteiger partial charge in [0.25, 0.3) is 0 Å². The first-order valence-corrected chi connectivity index (χ1v) is 8.33. The number of aromatic nitrogens is 2. The first-order chi connectivity index (χ1) is 12.7. The monoisotopic (exact) mass is 349 g/mol. The summed E-state index contributed by atoms with van der Waals surface area (Å²) in [7, 11) is 1.66. The molecule has 1 aliphatic rings. The Kier molecular flexibility index (Phi) is 4.31. The van der Waals surface area contributed by atoms with Crippen molar-refractivity contribution in [1.82, 2.24) is 9.97 Å². The Morgan fingerprint density at radius 1 is 1.08 bits per heavy atom. The van der Waals surface area contributed by atoms with E-state index in [-0.39, 0.29) is 6.79 Å². The van der Waals surface area contributed by atoms with Crippen molar-refractivity contribution in [3.05, 3.63) is 59.9 Å². The summed E-state index contributed by atoms with van der Waals surface area (Å²) in [5.74, 6) is 2.98. The van der Waals surface area contributed by atoms with Crippen LogP contribution in [-0.4, -0.2) is 23.9 Å². The van der Waals surface area contributed by atoms with E-state index in [1.54, 1.807) is 7.11 Å². The first kappa shape index (κ1) is 16.2. The van der Waals surface area contributed by atoms with E-state index in [9.17, 15) is 0 Å². The summed E-state index contributed by atoms with van der Waals surface area (Å²) in [6.07, 6.45) is 1.84. The third kappa shape index (κ3) is 3.26. The van der Waals surface area contributed by atoms with Gasteiger partial charge in [-0.1, -0.05) is 18.2 Å². The van der Waals surface area contributed by atoms with E-state index < -0.39 is 0 Å². The third-order valence-corrected chi connectivity index (χ3v) is 4.27. The summed E-state index contributed by atoms with van der Waals surface area (Å²) in [5.41, 5.74) is 4.06. The number of fused-ring (bicyclic) bond motifs is 1. The van der Waals surface area contributed by atoms with Gasteiger partial charge in [-0.25, -0.2) is 9.97 Å². The second kappa shape index (κ2) is 6.92. The van der Waals surface area contributed by atoms with E-state index in [1.807, 2.05) is 55.6 Å². The maximum Gasteiger partial charge on any atom is 0.231 e. The smallest absolute Gasteiger partial charge is 0.231 e. The average molecular weight is 349 g/mol. The van der Waals surface area contributed by atoms with Crippen molar-refractivity contribution in [1.29, 1.82) is 0 Å². The molecule has 0 bridgehead atoms. The van der Waals surface area contributed by atoms with E-state index in [2.05, 4.69) is 15.3 Å². The molecule has 0 radical (unpaired) electrons. The van der Waals surface area contributed by atoms with E-state index in [1.165, 1.54) is 0 Å². The highest BCUT2D eigenvalue weighted by molar-refractivity contribution is 5.66. The number of benzene rings is 2. The van der Waals surface area contributed by atoms with Gasteiger partial charge in [0.1, 0.15) is 5.75 Å². The lowest BCUT2D eigenvalue weighted by Crippen LogP contribution is -2.05. The van der Waals surface area contributed by atoms with Crippen LogP contribution in [0.1, 0.15) is 11.3 Å². The second-order valence-corrected chi connectivity index (χ2v) is 5.96. The van der Waals surface area contributed by atoms with Crippen molar-refractivity contribution in [3.63, 3.8) is 0 Å². The van der Waals surface area contributed by atoms with Crippen LogP contribution in [0.5, 0.6) is 17.2 Å². The molecule has 26 heavy (non-hydrogen) atoms. The van der Waals surface area contributed by atoms with Crippen molar-refractivity contribution in [2.24, 2.45) is 0 Å². The van der Waals surface area contributed by atoms with Crippen molar-refractivity contribution >= 4 is 5.95 Å². The summed E-state index contributed by atoms with van der Waals surface area (Å²) in [4.78, 5) is 9.01. The highest BCUT2D eigenvalue weighted by Crippen LogP contribution is 2.32. The van der Waals surface area contributed by atoms with Gasteiger partial charge in [-0.2, -0.15) is 0 Å². The van der Waals surface area contributed by atoms with Gasteiger partial charge in [0.05, 0.1) is 12.8 Å². The first-order valence-electron chi connectivity index (χ1n) is 8.33.